The third-order valence-electron chi connectivity index (χ3n) is 3.54. The lowest BCUT2D eigenvalue weighted by atomic mass is 9.95. The number of methoxy groups -OCH3 is 2. The van der Waals surface area contributed by atoms with Gasteiger partial charge in [0.2, 0.25) is 0 Å². The van der Waals surface area contributed by atoms with E-state index in [2.05, 4.69) is 0 Å². The van der Waals surface area contributed by atoms with Crippen LogP contribution in [0, 0.1) is 5.82 Å². The van der Waals surface area contributed by atoms with E-state index in [1.54, 1.807) is 12.1 Å². The molecule has 2 aromatic rings. The topological polar surface area (TPSA) is 35.5 Å². The monoisotopic (exact) mass is 314 g/mol. The minimum absolute atomic E-state index is 0.245. The molecule has 0 bridgehead atoms. The van der Waals surface area contributed by atoms with E-state index in [0.717, 1.165) is 29.5 Å². The smallest absolute Gasteiger partial charge is 0.341 e. The number of benzene rings is 2. The fraction of sp³-hybridized carbons (Fsp3) is 0.211. The molecule has 0 aliphatic rings. The quantitative estimate of drug-likeness (QED) is 0.462. The molecule has 0 amide bonds. The molecule has 0 aromatic heterocycles. The molecule has 0 aliphatic heterocycles. The number of ether oxygens (including phenoxy) is 2. The van der Waals surface area contributed by atoms with E-state index in [0.29, 0.717) is 5.57 Å². The van der Waals surface area contributed by atoms with Gasteiger partial charge in [-0.15, -0.1) is 0 Å². The lowest BCUT2D eigenvalue weighted by Crippen LogP contribution is -2.07. The summed E-state index contributed by atoms with van der Waals surface area (Å²) >= 11 is 0. The van der Waals surface area contributed by atoms with Crippen molar-refractivity contribution in [2.24, 2.45) is 0 Å². The average molecular weight is 314 g/mol. The zero-order valence-corrected chi connectivity index (χ0v) is 13.2. The van der Waals surface area contributed by atoms with Gasteiger partial charge < -0.3 is 9.47 Å². The molecule has 0 spiro atoms. The van der Waals surface area contributed by atoms with Gasteiger partial charge in [0, 0.05) is 0 Å². The second-order valence-electron chi connectivity index (χ2n) is 5.04. The Hall–Kier alpha value is -2.62. The van der Waals surface area contributed by atoms with Crippen LogP contribution in [0.15, 0.2) is 54.8 Å². The number of halogens is 1. The first-order chi connectivity index (χ1) is 11.2. The number of hydrogen-bond acceptors (Lipinski definition) is 3. The van der Waals surface area contributed by atoms with Crippen LogP contribution in [0.3, 0.4) is 0 Å². The van der Waals surface area contributed by atoms with Gasteiger partial charge in [0.1, 0.15) is 11.4 Å². The fourth-order valence-electron chi connectivity index (χ4n) is 2.38. The van der Waals surface area contributed by atoms with E-state index in [4.69, 9.17) is 9.47 Å². The molecular weight excluding hydrogens is 295 g/mol. The van der Waals surface area contributed by atoms with Gasteiger partial charge in [0.25, 0.3) is 0 Å². The van der Waals surface area contributed by atoms with E-state index >= 15 is 0 Å². The van der Waals surface area contributed by atoms with Crippen molar-refractivity contribution in [3.63, 3.8) is 0 Å². The molecule has 0 radical (unpaired) electrons. The molecule has 3 nitrogen and oxygen atoms in total. The van der Waals surface area contributed by atoms with Gasteiger partial charge in [-0.1, -0.05) is 36.4 Å². The Morgan fingerprint density at radius 3 is 2.39 bits per heavy atom. The Labute approximate surface area is 135 Å². The van der Waals surface area contributed by atoms with E-state index < -0.39 is 5.97 Å². The Morgan fingerprint density at radius 1 is 1.04 bits per heavy atom. The first-order valence-corrected chi connectivity index (χ1v) is 7.29. The van der Waals surface area contributed by atoms with Gasteiger partial charge in [-0.2, -0.15) is 0 Å². The summed E-state index contributed by atoms with van der Waals surface area (Å²) < 4.78 is 22.8. The predicted molar refractivity (Wildman–Crippen MR) is 87.3 cm³/mol. The number of aryl methyl sites for hydroxylation is 2. The van der Waals surface area contributed by atoms with Crippen molar-refractivity contribution in [3.05, 3.63) is 77.3 Å². The largest absolute Gasteiger partial charge is 0.503 e. The zero-order chi connectivity index (χ0) is 16.7. The van der Waals surface area contributed by atoms with Crippen LogP contribution < -0.4 is 0 Å². The molecule has 0 heterocycles. The van der Waals surface area contributed by atoms with Gasteiger partial charge in [0.05, 0.1) is 20.5 Å². The van der Waals surface area contributed by atoms with Crippen LogP contribution in [0.4, 0.5) is 4.39 Å². The third-order valence-corrected chi connectivity index (χ3v) is 3.54. The molecule has 4 heteroatoms. The van der Waals surface area contributed by atoms with Gasteiger partial charge in [-0.05, 0) is 41.7 Å². The maximum Gasteiger partial charge on any atom is 0.341 e. The average Bonchev–Trinajstić information content (AvgIpc) is 2.59. The molecule has 2 aromatic carbocycles. The Morgan fingerprint density at radius 2 is 1.74 bits per heavy atom. The maximum atomic E-state index is 13.0. The molecule has 0 atom stereocenters. The highest BCUT2D eigenvalue weighted by molar-refractivity contribution is 6.16. The molecule has 0 aliphatic carbocycles. The summed E-state index contributed by atoms with van der Waals surface area (Å²) in [5.41, 5.74) is 3.20. The van der Waals surface area contributed by atoms with Crippen molar-refractivity contribution in [3.8, 4) is 0 Å². The molecule has 0 saturated carbocycles. The molecular formula is C19H19FO3. The van der Waals surface area contributed by atoms with E-state index in [-0.39, 0.29) is 5.82 Å². The standard InChI is InChI=1S/C19H19FO3/c1-22-13-18(19(21)23-2)17-6-4-3-5-15(17)10-7-14-8-11-16(20)12-9-14/h3-6,8-9,11-13H,7,10H2,1-2H3/b18-13+. The molecule has 0 fully saturated rings. The van der Waals surface area contributed by atoms with Gasteiger partial charge >= 0.3 is 5.97 Å². The molecule has 2 rings (SSSR count). The van der Waals surface area contributed by atoms with E-state index in [1.807, 2.05) is 24.3 Å². The summed E-state index contributed by atoms with van der Waals surface area (Å²) in [5, 5.41) is 0. The zero-order valence-electron chi connectivity index (χ0n) is 13.2. The van der Waals surface area contributed by atoms with Crippen molar-refractivity contribution in [1.29, 1.82) is 0 Å². The normalized spacial score (nSPS) is 11.2. The van der Waals surface area contributed by atoms with Crippen LogP contribution in [-0.4, -0.2) is 20.2 Å². The summed E-state index contributed by atoms with van der Waals surface area (Å²) in [6.07, 6.45) is 2.86. The van der Waals surface area contributed by atoms with Crippen molar-refractivity contribution in [1.82, 2.24) is 0 Å². The summed E-state index contributed by atoms with van der Waals surface area (Å²) in [6, 6.07) is 14.0. The highest BCUT2D eigenvalue weighted by Crippen LogP contribution is 2.22. The van der Waals surface area contributed by atoms with Crippen molar-refractivity contribution < 1.29 is 18.7 Å². The number of esters is 1. The second-order valence-corrected chi connectivity index (χ2v) is 5.04. The minimum atomic E-state index is -0.443. The van der Waals surface area contributed by atoms with Crippen LogP contribution in [0.2, 0.25) is 0 Å². The first-order valence-electron chi connectivity index (χ1n) is 7.29. The SMILES string of the molecule is CO/C=C(/C(=O)OC)c1ccccc1CCc1ccc(F)cc1. The lowest BCUT2D eigenvalue weighted by molar-refractivity contribution is -0.133. The second kappa shape index (κ2) is 8.13. The minimum Gasteiger partial charge on any atom is -0.503 e. The number of carbonyl (C=O) groups is 1. The van der Waals surface area contributed by atoms with Crippen molar-refractivity contribution in [2.75, 3.05) is 14.2 Å². The van der Waals surface area contributed by atoms with Gasteiger partial charge in [0.15, 0.2) is 0 Å². The number of rotatable bonds is 6. The lowest BCUT2D eigenvalue weighted by Gasteiger charge is -2.11. The summed E-state index contributed by atoms with van der Waals surface area (Å²) in [5.74, 6) is -0.689. The third kappa shape index (κ3) is 4.42. The Kier molecular flexibility index (Phi) is 5.92. The molecule has 0 N–H and O–H groups in total. The van der Waals surface area contributed by atoms with Crippen LogP contribution in [0.25, 0.3) is 5.57 Å². The maximum absolute atomic E-state index is 13.0. The van der Waals surface area contributed by atoms with Crippen molar-refractivity contribution in [2.45, 2.75) is 12.8 Å². The molecule has 23 heavy (non-hydrogen) atoms. The van der Waals surface area contributed by atoms with E-state index in [9.17, 15) is 9.18 Å². The summed E-state index contributed by atoms with van der Waals surface area (Å²) in [7, 11) is 2.83. The highest BCUT2D eigenvalue weighted by Gasteiger charge is 2.16. The molecule has 0 unspecified atom stereocenters. The van der Waals surface area contributed by atoms with Gasteiger partial charge in [-0.3, -0.25) is 0 Å². The van der Waals surface area contributed by atoms with E-state index in [1.165, 1.54) is 32.6 Å². The Balaban J connectivity index is 2.24. The summed E-state index contributed by atoms with van der Waals surface area (Å²) in [4.78, 5) is 12.0. The van der Waals surface area contributed by atoms with Crippen LogP contribution in [0.5, 0.6) is 0 Å². The fourth-order valence-corrected chi connectivity index (χ4v) is 2.38. The summed E-state index contributed by atoms with van der Waals surface area (Å²) in [6.45, 7) is 0. The van der Waals surface area contributed by atoms with Crippen LogP contribution in [0.1, 0.15) is 16.7 Å². The van der Waals surface area contributed by atoms with Crippen LogP contribution in [-0.2, 0) is 27.1 Å². The number of carbonyl (C=O) groups excluding carboxylic acids is 1. The molecule has 0 saturated heterocycles. The molecule has 120 valence electrons. The van der Waals surface area contributed by atoms with Crippen molar-refractivity contribution >= 4 is 11.5 Å². The number of hydrogen-bond donors (Lipinski definition) is 0. The highest BCUT2D eigenvalue weighted by atomic mass is 19.1. The predicted octanol–water partition coefficient (Wildman–Crippen LogP) is 3.77. The Bertz CT molecular complexity index is 690. The first kappa shape index (κ1) is 16.7. The van der Waals surface area contributed by atoms with Gasteiger partial charge in [-0.25, -0.2) is 9.18 Å². The van der Waals surface area contributed by atoms with Crippen LogP contribution >= 0.6 is 0 Å².